The maximum Gasteiger partial charge on any atom is 0.251 e. The van der Waals surface area contributed by atoms with Gasteiger partial charge in [0.05, 0.1) is 12.4 Å². The van der Waals surface area contributed by atoms with E-state index >= 15 is 0 Å². The number of benzene rings is 2. The second kappa shape index (κ2) is 11.0. The average Bonchev–Trinajstić information content (AvgIpc) is 3.22. The highest BCUT2D eigenvalue weighted by atomic mass is 32.2. The SMILES string of the molecule is CCOc1cccc([C@@H](C)CC2CC[C@H](c3ccc(C(=O)NCCS(N)(=O)=O)cc3)C2)c1. The summed E-state index contributed by atoms with van der Waals surface area (Å²) in [5.74, 6) is 2.08. The maximum absolute atomic E-state index is 12.2. The lowest BCUT2D eigenvalue weighted by Crippen LogP contribution is -2.31. The highest BCUT2D eigenvalue weighted by molar-refractivity contribution is 7.89. The van der Waals surface area contributed by atoms with E-state index in [0.717, 1.165) is 25.0 Å². The smallest absolute Gasteiger partial charge is 0.251 e. The number of ether oxygens (including phenoxy) is 1. The minimum atomic E-state index is -3.58. The first-order valence-corrected chi connectivity index (χ1v) is 13.1. The van der Waals surface area contributed by atoms with Crippen molar-refractivity contribution in [2.75, 3.05) is 18.9 Å². The second-order valence-electron chi connectivity index (χ2n) is 8.76. The summed E-state index contributed by atoms with van der Waals surface area (Å²) in [4.78, 5) is 12.2. The van der Waals surface area contributed by atoms with Crippen molar-refractivity contribution in [3.8, 4) is 5.75 Å². The van der Waals surface area contributed by atoms with E-state index in [9.17, 15) is 13.2 Å². The third-order valence-corrected chi connectivity index (χ3v) is 7.06. The van der Waals surface area contributed by atoms with Crippen LogP contribution in [-0.2, 0) is 10.0 Å². The van der Waals surface area contributed by atoms with Gasteiger partial charge in [0.1, 0.15) is 5.75 Å². The van der Waals surface area contributed by atoms with E-state index in [4.69, 9.17) is 9.88 Å². The van der Waals surface area contributed by atoms with E-state index in [1.165, 1.54) is 17.5 Å². The second-order valence-corrected chi connectivity index (χ2v) is 10.5. The van der Waals surface area contributed by atoms with Crippen molar-refractivity contribution >= 4 is 15.9 Å². The molecule has 7 heteroatoms. The van der Waals surface area contributed by atoms with Crippen molar-refractivity contribution < 1.29 is 17.9 Å². The van der Waals surface area contributed by atoms with Crippen LogP contribution in [0.1, 0.15) is 72.9 Å². The molecule has 174 valence electrons. The van der Waals surface area contributed by atoms with E-state index < -0.39 is 10.0 Å². The number of hydrogen-bond acceptors (Lipinski definition) is 4. The first kappa shape index (κ1) is 24.3. The van der Waals surface area contributed by atoms with Crippen molar-refractivity contribution in [2.45, 2.75) is 51.4 Å². The third kappa shape index (κ3) is 7.07. The molecule has 1 unspecified atom stereocenters. The molecule has 0 saturated heterocycles. The van der Waals surface area contributed by atoms with E-state index in [2.05, 4.69) is 30.4 Å². The van der Waals surface area contributed by atoms with Crippen LogP contribution in [0.15, 0.2) is 48.5 Å². The highest BCUT2D eigenvalue weighted by Crippen LogP contribution is 2.42. The van der Waals surface area contributed by atoms with Gasteiger partial charge in [-0.1, -0.05) is 31.2 Å². The molecule has 0 aromatic heterocycles. The Kier molecular flexibility index (Phi) is 8.32. The van der Waals surface area contributed by atoms with Crippen LogP contribution >= 0.6 is 0 Å². The maximum atomic E-state index is 12.2. The summed E-state index contributed by atoms with van der Waals surface area (Å²) >= 11 is 0. The molecule has 1 amide bonds. The first-order valence-electron chi connectivity index (χ1n) is 11.4. The van der Waals surface area contributed by atoms with Gasteiger partial charge in [0.15, 0.2) is 0 Å². The number of carbonyl (C=O) groups is 1. The number of amides is 1. The summed E-state index contributed by atoms with van der Waals surface area (Å²) < 4.78 is 27.6. The molecule has 32 heavy (non-hydrogen) atoms. The Morgan fingerprint density at radius 1 is 1.19 bits per heavy atom. The molecule has 0 radical (unpaired) electrons. The number of sulfonamides is 1. The summed E-state index contributed by atoms with van der Waals surface area (Å²) in [6.07, 6.45) is 4.71. The van der Waals surface area contributed by atoms with E-state index in [-0.39, 0.29) is 18.2 Å². The molecule has 1 aliphatic rings. The van der Waals surface area contributed by atoms with Crippen LogP contribution < -0.4 is 15.2 Å². The zero-order valence-electron chi connectivity index (χ0n) is 18.9. The van der Waals surface area contributed by atoms with Crippen molar-refractivity contribution in [2.24, 2.45) is 11.1 Å². The lowest BCUT2D eigenvalue weighted by molar-refractivity contribution is 0.0956. The van der Waals surface area contributed by atoms with E-state index in [1.807, 2.05) is 37.3 Å². The molecule has 0 bridgehead atoms. The molecule has 1 aliphatic carbocycles. The molecule has 2 aromatic carbocycles. The summed E-state index contributed by atoms with van der Waals surface area (Å²) in [5, 5.41) is 7.55. The Morgan fingerprint density at radius 3 is 2.62 bits per heavy atom. The molecule has 3 rings (SSSR count). The number of nitrogens with one attached hydrogen (secondary N) is 1. The van der Waals surface area contributed by atoms with Crippen molar-refractivity contribution in [3.05, 3.63) is 65.2 Å². The minimum absolute atomic E-state index is 0.00931. The van der Waals surface area contributed by atoms with E-state index in [0.29, 0.717) is 29.9 Å². The summed E-state index contributed by atoms with van der Waals surface area (Å²) in [5.41, 5.74) is 3.12. The number of carbonyl (C=O) groups excluding carboxylic acids is 1. The normalized spacial score (nSPS) is 19.5. The van der Waals surface area contributed by atoms with Crippen molar-refractivity contribution in [1.82, 2.24) is 5.32 Å². The molecular weight excluding hydrogens is 424 g/mol. The molecule has 6 nitrogen and oxygen atoms in total. The predicted molar refractivity (Wildman–Crippen MR) is 127 cm³/mol. The summed E-state index contributed by atoms with van der Waals surface area (Å²) in [7, 11) is -3.58. The number of rotatable bonds is 10. The summed E-state index contributed by atoms with van der Waals surface area (Å²) in [6, 6.07) is 16.1. The molecule has 2 aromatic rings. The van der Waals surface area contributed by atoms with Gasteiger partial charge in [-0.25, -0.2) is 13.6 Å². The van der Waals surface area contributed by atoms with Crippen LogP contribution in [0.2, 0.25) is 0 Å². The van der Waals surface area contributed by atoms with Gasteiger partial charge in [0, 0.05) is 12.1 Å². The molecule has 1 fully saturated rings. The van der Waals surface area contributed by atoms with Gasteiger partial charge in [0.2, 0.25) is 10.0 Å². The zero-order chi connectivity index (χ0) is 23.1. The molecule has 3 N–H and O–H groups in total. The Balaban J connectivity index is 1.51. The Labute approximate surface area is 191 Å². The fourth-order valence-electron chi connectivity index (χ4n) is 4.62. The monoisotopic (exact) mass is 458 g/mol. The zero-order valence-corrected chi connectivity index (χ0v) is 19.7. The number of primary sulfonamides is 1. The largest absolute Gasteiger partial charge is 0.494 e. The molecule has 0 spiro atoms. The molecular formula is C25H34N2O4S. The number of hydrogen-bond donors (Lipinski definition) is 2. The highest BCUT2D eigenvalue weighted by Gasteiger charge is 2.27. The van der Waals surface area contributed by atoms with Crippen molar-refractivity contribution in [3.63, 3.8) is 0 Å². The van der Waals surface area contributed by atoms with Gasteiger partial charge >= 0.3 is 0 Å². The summed E-state index contributed by atoms with van der Waals surface area (Å²) in [6.45, 7) is 4.98. The van der Waals surface area contributed by atoms with E-state index in [1.54, 1.807) is 0 Å². The van der Waals surface area contributed by atoms with Crippen LogP contribution in [-0.4, -0.2) is 33.2 Å². The van der Waals surface area contributed by atoms with Crippen LogP contribution in [0, 0.1) is 5.92 Å². The Bertz CT molecular complexity index is 1000. The first-order chi connectivity index (χ1) is 15.2. The average molecular weight is 459 g/mol. The molecule has 3 atom stereocenters. The fraction of sp³-hybridized carbons (Fsp3) is 0.480. The topological polar surface area (TPSA) is 98.5 Å². The lowest BCUT2D eigenvalue weighted by Gasteiger charge is -2.18. The van der Waals surface area contributed by atoms with Gasteiger partial charge in [-0.05, 0) is 85.8 Å². The van der Waals surface area contributed by atoms with Gasteiger partial charge in [-0.15, -0.1) is 0 Å². The Hall–Kier alpha value is -2.38. The van der Waals surface area contributed by atoms with Gasteiger partial charge in [-0.3, -0.25) is 4.79 Å². The van der Waals surface area contributed by atoms with Gasteiger partial charge in [-0.2, -0.15) is 0 Å². The quantitative estimate of drug-likeness (QED) is 0.558. The van der Waals surface area contributed by atoms with Gasteiger partial charge < -0.3 is 10.1 Å². The van der Waals surface area contributed by atoms with Gasteiger partial charge in [0.25, 0.3) is 5.91 Å². The third-order valence-electron chi connectivity index (χ3n) is 6.28. The van der Waals surface area contributed by atoms with Crippen LogP contribution in [0.4, 0.5) is 0 Å². The van der Waals surface area contributed by atoms with Crippen molar-refractivity contribution in [1.29, 1.82) is 0 Å². The molecule has 0 heterocycles. The van der Waals surface area contributed by atoms with Crippen LogP contribution in [0.25, 0.3) is 0 Å². The standard InChI is InChI=1S/C25H34N2O4S/c1-3-31-24-6-4-5-22(17-24)18(2)15-19-7-8-23(16-19)20-9-11-21(12-10-20)25(28)27-13-14-32(26,29)30/h4-6,9-12,17-19,23H,3,7-8,13-16H2,1-2H3,(H,27,28)(H2,26,29,30)/t18-,19?,23-/m0/s1. The van der Waals surface area contributed by atoms with Crippen LogP contribution in [0.5, 0.6) is 5.75 Å². The van der Waals surface area contributed by atoms with Crippen LogP contribution in [0.3, 0.4) is 0 Å². The Morgan fingerprint density at radius 2 is 1.94 bits per heavy atom. The lowest BCUT2D eigenvalue weighted by atomic mass is 9.88. The molecule has 1 saturated carbocycles. The minimum Gasteiger partial charge on any atom is -0.494 e. The molecule has 0 aliphatic heterocycles. The fourth-order valence-corrected chi connectivity index (χ4v) is 5.01. The number of nitrogens with two attached hydrogens (primary N) is 1. The predicted octanol–water partition coefficient (Wildman–Crippen LogP) is 4.18.